The van der Waals surface area contributed by atoms with Crippen molar-refractivity contribution in [1.29, 1.82) is 0 Å². The maximum Gasteiger partial charge on any atom is 0.268 e. The lowest BCUT2D eigenvalue weighted by atomic mass is 10.2. The Morgan fingerprint density at radius 2 is 2.18 bits per heavy atom. The van der Waals surface area contributed by atoms with E-state index in [2.05, 4.69) is 22.0 Å². The van der Waals surface area contributed by atoms with Gasteiger partial charge in [-0.1, -0.05) is 12.6 Å². The molecule has 9 nitrogen and oxygen atoms in total. The van der Waals surface area contributed by atoms with E-state index in [1.54, 1.807) is 16.9 Å². The number of rotatable bonds is 7. The second kappa shape index (κ2) is 9.24. The van der Waals surface area contributed by atoms with E-state index < -0.39 is 0 Å². The molecule has 10 heteroatoms. The lowest BCUT2D eigenvalue weighted by molar-refractivity contribution is -0.126. The molecular weight excluding hydrogens is 452 g/mol. The number of imidazole rings is 1. The number of fused-ring (bicyclic) bond motifs is 1. The predicted octanol–water partition coefficient (Wildman–Crippen LogP) is 3.21. The molecule has 5 rings (SSSR count). The number of carbonyl (C=O) groups is 2. The Balaban J connectivity index is 1.46. The van der Waals surface area contributed by atoms with E-state index in [1.807, 2.05) is 46.0 Å². The molecule has 2 N–H and O–H groups in total. The molecule has 1 saturated heterocycles. The highest BCUT2D eigenvalue weighted by molar-refractivity contribution is 7.16. The summed E-state index contributed by atoms with van der Waals surface area (Å²) in [6.07, 6.45) is 6.63. The number of likely N-dealkylation sites (tertiary alicyclic amines) is 1. The molecular formula is C24H24N6O3S. The average Bonchev–Trinajstić information content (AvgIpc) is 3.65. The van der Waals surface area contributed by atoms with Crippen LogP contribution in [0.5, 0.6) is 0 Å². The molecule has 0 bridgehead atoms. The number of anilines is 1. The summed E-state index contributed by atoms with van der Waals surface area (Å²) in [6, 6.07) is 10.9. The third-order valence-electron chi connectivity index (χ3n) is 5.99. The summed E-state index contributed by atoms with van der Waals surface area (Å²) in [5, 5.41) is 17.5. The summed E-state index contributed by atoms with van der Waals surface area (Å²) in [6.45, 7) is 4.70. The first-order chi connectivity index (χ1) is 16.6. The Labute approximate surface area is 199 Å². The predicted molar refractivity (Wildman–Crippen MR) is 130 cm³/mol. The first-order valence-electron chi connectivity index (χ1n) is 11.0. The molecule has 1 atom stereocenters. The normalized spacial score (nSPS) is 15.7. The standard InChI is InChI=1S/C24H24N6O3S/c1-2-21(32)28-11-3-5-17(28)14-29-19-7-6-16(15-31)13-18(19)26-24(29)27-23(33)20-8-9-22(34-20)30-12-4-10-25-30/h2,4,6-10,12-13,17,31H,1,3,5,11,14-15H2,(H,26,27,33)/t17-/m1/s1. The third-order valence-corrected chi connectivity index (χ3v) is 7.07. The Bertz CT molecular complexity index is 1360. The highest BCUT2D eigenvalue weighted by Crippen LogP contribution is 2.27. The number of nitrogens with zero attached hydrogens (tertiary/aromatic N) is 5. The summed E-state index contributed by atoms with van der Waals surface area (Å²) in [5.74, 6) is 0.0413. The van der Waals surface area contributed by atoms with Crippen LogP contribution >= 0.6 is 11.3 Å². The van der Waals surface area contributed by atoms with Crippen molar-refractivity contribution in [2.75, 3.05) is 11.9 Å². The second-order valence-electron chi connectivity index (χ2n) is 8.10. The molecule has 1 aromatic carbocycles. The molecule has 1 aliphatic rings. The van der Waals surface area contributed by atoms with Gasteiger partial charge in [0.2, 0.25) is 11.9 Å². The van der Waals surface area contributed by atoms with Gasteiger partial charge in [-0.05, 0) is 54.8 Å². The van der Waals surface area contributed by atoms with Gasteiger partial charge in [-0.25, -0.2) is 9.67 Å². The average molecular weight is 477 g/mol. The van der Waals surface area contributed by atoms with Crippen molar-refractivity contribution < 1.29 is 14.7 Å². The molecule has 3 aromatic heterocycles. The van der Waals surface area contributed by atoms with Crippen LogP contribution in [0.1, 0.15) is 28.1 Å². The van der Waals surface area contributed by atoms with Crippen LogP contribution in [-0.4, -0.2) is 53.7 Å². The van der Waals surface area contributed by atoms with Crippen molar-refractivity contribution >= 4 is 40.1 Å². The van der Waals surface area contributed by atoms with Crippen LogP contribution in [0.2, 0.25) is 0 Å². The maximum atomic E-state index is 13.1. The van der Waals surface area contributed by atoms with Gasteiger partial charge < -0.3 is 14.6 Å². The lowest BCUT2D eigenvalue weighted by Crippen LogP contribution is -2.37. The van der Waals surface area contributed by atoms with Crippen molar-refractivity contribution in [3.8, 4) is 5.00 Å². The largest absolute Gasteiger partial charge is 0.392 e. The summed E-state index contributed by atoms with van der Waals surface area (Å²) in [7, 11) is 0. The van der Waals surface area contributed by atoms with E-state index in [0.717, 1.165) is 28.9 Å². The number of amides is 2. The van der Waals surface area contributed by atoms with Gasteiger partial charge in [-0.15, -0.1) is 11.3 Å². The van der Waals surface area contributed by atoms with Gasteiger partial charge in [0.15, 0.2) is 0 Å². The first-order valence-corrected chi connectivity index (χ1v) is 11.8. The fourth-order valence-corrected chi connectivity index (χ4v) is 5.18. The molecule has 0 aliphatic carbocycles. The summed E-state index contributed by atoms with van der Waals surface area (Å²) < 4.78 is 3.65. The molecule has 174 valence electrons. The van der Waals surface area contributed by atoms with Crippen molar-refractivity contribution in [1.82, 2.24) is 24.2 Å². The number of aromatic nitrogens is 4. The van der Waals surface area contributed by atoms with Crippen molar-refractivity contribution in [2.24, 2.45) is 0 Å². The monoisotopic (exact) mass is 476 g/mol. The minimum Gasteiger partial charge on any atom is -0.392 e. The zero-order valence-electron chi connectivity index (χ0n) is 18.4. The van der Waals surface area contributed by atoms with Gasteiger partial charge in [0.05, 0.1) is 28.6 Å². The Kier molecular flexibility index (Phi) is 5.99. The van der Waals surface area contributed by atoms with Crippen LogP contribution in [0.3, 0.4) is 0 Å². The molecule has 4 aromatic rings. The van der Waals surface area contributed by atoms with E-state index in [1.165, 1.54) is 17.4 Å². The van der Waals surface area contributed by atoms with E-state index in [0.29, 0.717) is 29.4 Å². The number of aliphatic hydroxyl groups is 1. The summed E-state index contributed by atoms with van der Waals surface area (Å²) in [4.78, 5) is 32.4. The maximum absolute atomic E-state index is 13.1. The van der Waals surface area contributed by atoms with Gasteiger partial charge in [-0.3, -0.25) is 14.9 Å². The van der Waals surface area contributed by atoms with Crippen LogP contribution in [0.25, 0.3) is 16.0 Å². The third kappa shape index (κ3) is 4.13. The number of benzene rings is 1. The van der Waals surface area contributed by atoms with Crippen LogP contribution in [0.4, 0.5) is 5.95 Å². The fraction of sp³-hybridized carbons (Fsp3) is 0.250. The van der Waals surface area contributed by atoms with Crippen LogP contribution < -0.4 is 5.32 Å². The number of nitrogens with one attached hydrogen (secondary N) is 1. The molecule has 0 spiro atoms. The van der Waals surface area contributed by atoms with Crippen LogP contribution in [0.15, 0.2) is 61.4 Å². The highest BCUT2D eigenvalue weighted by atomic mass is 32.1. The highest BCUT2D eigenvalue weighted by Gasteiger charge is 2.29. The minimum absolute atomic E-state index is 0.0239. The molecule has 1 aliphatic heterocycles. The van der Waals surface area contributed by atoms with Gasteiger partial charge in [-0.2, -0.15) is 5.10 Å². The molecule has 0 unspecified atom stereocenters. The van der Waals surface area contributed by atoms with Crippen molar-refractivity contribution in [2.45, 2.75) is 32.0 Å². The molecule has 34 heavy (non-hydrogen) atoms. The zero-order valence-corrected chi connectivity index (χ0v) is 19.2. The minimum atomic E-state index is -0.271. The van der Waals surface area contributed by atoms with Gasteiger partial charge in [0.1, 0.15) is 5.00 Å². The van der Waals surface area contributed by atoms with E-state index in [4.69, 9.17) is 0 Å². The molecule has 2 amide bonds. The molecule has 4 heterocycles. The Morgan fingerprint density at radius 1 is 1.29 bits per heavy atom. The second-order valence-corrected chi connectivity index (χ2v) is 9.16. The zero-order chi connectivity index (χ0) is 23.7. The quantitative estimate of drug-likeness (QED) is 0.399. The molecule has 1 fully saturated rings. The molecule has 0 radical (unpaired) electrons. The first kappa shape index (κ1) is 22.1. The molecule has 0 saturated carbocycles. The van der Waals surface area contributed by atoms with E-state index in [9.17, 15) is 14.7 Å². The number of hydrogen-bond donors (Lipinski definition) is 2. The van der Waals surface area contributed by atoms with E-state index in [-0.39, 0.29) is 24.5 Å². The summed E-state index contributed by atoms with van der Waals surface area (Å²) in [5.41, 5.74) is 2.24. The number of thiophene rings is 1. The Hall–Kier alpha value is -3.76. The van der Waals surface area contributed by atoms with Crippen LogP contribution in [0, 0.1) is 0 Å². The smallest absolute Gasteiger partial charge is 0.268 e. The lowest BCUT2D eigenvalue weighted by Gasteiger charge is -2.24. The van der Waals surface area contributed by atoms with E-state index >= 15 is 0 Å². The number of aliphatic hydroxyl groups excluding tert-OH is 1. The SMILES string of the molecule is C=CC(=O)N1CCC[C@@H]1Cn1c(NC(=O)c2ccc(-n3cccn3)s2)nc2cc(CO)ccc21. The van der Waals surface area contributed by atoms with Crippen molar-refractivity contribution in [3.05, 3.63) is 71.9 Å². The van der Waals surface area contributed by atoms with Crippen molar-refractivity contribution in [3.63, 3.8) is 0 Å². The van der Waals surface area contributed by atoms with Crippen LogP contribution in [-0.2, 0) is 17.9 Å². The Morgan fingerprint density at radius 3 is 2.94 bits per heavy atom. The van der Waals surface area contributed by atoms with Gasteiger partial charge in [0, 0.05) is 25.5 Å². The van der Waals surface area contributed by atoms with Gasteiger partial charge >= 0.3 is 0 Å². The number of carbonyl (C=O) groups excluding carboxylic acids is 2. The summed E-state index contributed by atoms with van der Waals surface area (Å²) >= 11 is 1.33. The van der Waals surface area contributed by atoms with Gasteiger partial charge in [0.25, 0.3) is 5.91 Å². The number of hydrogen-bond acceptors (Lipinski definition) is 6. The fourth-order valence-electron chi connectivity index (χ4n) is 4.33. The topological polar surface area (TPSA) is 105 Å².